The first kappa shape index (κ1) is 21.1. The van der Waals surface area contributed by atoms with Crippen LogP contribution >= 0.6 is 31.9 Å². The number of aromatic hydroxyl groups is 2. The summed E-state index contributed by atoms with van der Waals surface area (Å²) in [5.41, 5.74) is -1.20. The lowest BCUT2D eigenvalue weighted by molar-refractivity contribution is -0.386. The Morgan fingerprint density at radius 1 is 0.815 bits per heavy atom. The third-order valence-electron chi connectivity index (χ3n) is 3.37. The van der Waals surface area contributed by atoms with E-state index in [1.54, 1.807) is 0 Å². The quantitative estimate of drug-likeness (QED) is 0.427. The van der Waals surface area contributed by atoms with Crippen molar-refractivity contribution >= 4 is 53.1 Å². The van der Waals surface area contributed by atoms with Crippen LogP contribution in [0, 0.1) is 20.2 Å². The summed E-state index contributed by atoms with van der Waals surface area (Å²) in [6, 6.07) is 4.34. The molecule has 0 spiro atoms. The molecule has 0 radical (unpaired) electrons. The molecule has 0 aliphatic rings. The van der Waals surface area contributed by atoms with Gasteiger partial charge in [-0.25, -0.2) is 8.42 Å². The van der Waals surface area contributed by atoms with Gasteiger partial charge in [-0.1, -0.05) is 0 Å². The van der Waals surface area contributed by atoms with Gasteiger partial charge in [-0.3, -0.25) is 20.2 Å². The molecule has 0 bridgehead atoms. The van der Waals surface area contributed by atoms with Crippen LogP contribution in [0.2, 0.25) is 0 Å². The van der Waals surface area contributed by atoms with Crippen molar-refractivity contribution in [1.29, 1.82) is 0 Å². The molecule has 2 aromatic carbocycles. The van der Waals surface area contributed by atoms with E-state index in [0.717, 1.165) is 12.1 Å². The lowest BCUT2D eigenvalue weighted by atomic mass is 10.2. The number of hydrogen-bond acceptors (Lipinski definition) is 8. The summed E-state index contributed by atoms with van der Waals surface area (Å²) in [6.45, 7) is 0. The first-order valence-corrected chi connectivity index (χ1v) is 10.3. The number of nitro groups is 2. The van der Waals surface area contributed by atoms with Crippen molar-refractivity contribution in [1.82, 2.24) is 0 Å². The predicted molar refractivity (Wildman–Crippen MR) is 101 cm³/mol. The predicted octanol–water partition coefficient (Wildman–Crippen LogP) is 3.55. The Hall–Kier alpha value is -2.25. The van der Waals surface area contributed by atoms with Crippen LogP contribution in [0.15, 0.2) is 33.2 Å². The molecule has 2 aromatic rings. The van der Waals surface area contributed by atoms with Gasteiger partial charge in [0.1, 0.15) is 0 Å². The van der Waals surface area contributed by atoms with E-state index in [4.69, 9.17) is 0 Å². The van der Waals surface area contributed by atoms with Crippen LogP contribution in [0.5, 0.6) is 11.5 Å². The van der Waals surface area contributed by atoms with Crippen LogP contribution in [0.3, 0.4) is 0 Å². The summed E-state index contributed by atoms with van der Waals surface area (Å²) in [6.07, 6.45) is 0. The second-order valence-corrected chi connectivity index (χ2v) is 9.21. The van der Waals surface area contributed by atoms with E-state index in [9.17, 15) is 38.9 Å². The molecule has 2 rings (SSSR count). The van der Waals surface area contributed by atoms with Crippen molar-refractivity contribution in [2.45, 2.75) is 11.5 Å². The Balaban J connectivity index is 2.36. The molecule has 0 saturated heterocycles. The van der Waals surface area contributed by atoms with E-state index >= 15 is 0 Å². The zero-order valence-corrected chi connectivity index (χ0v) is 17.1. The maximum atomic E-state index is 12.4. The summed E-state index contributed by atoms with van der Waals surface area (Å²) in [7, 11) is -3.88. The van der Waals surface area contributed by atoms with E-state index in [0.29, 0.717) is 0 Å². The SMILES string of the molecule is O=[N+]([O-])c1cc(CS(=O)(=O)Cc2cc(Br)c(O)c([N+](=O)[O-])c2)cc(Br)c1O. The topological polar surface area (TPSA) is 161 Å². The van der Waals surface area contributed by atoms with Crippen molar-refractivity contribution in [3.63, 3.8) is 0 Å². The van der Waals surface area contributed by atoms with E-state index in [2.05, 4.69) is 31.9 Å². The zero-order chi connectivity index (χ0) is 20.5. The second kappa shape index (κ2) is 7.78. The molecule has 2 N–H and O–H groups in total. The normalized spacial score (nSPS) is 11.3. The first-order valence-electron chi connectivity index (χ1n) is 6.93. The molecule has 0 aliphatic heterocycles. The minimum atomic E-state index is -3.88. The van der Waals surface area contributed by atoms with Gasteiger partial charge in [0, 0.05) is 12.1 Å². The van der Waals surface area contributed by atoms with Crippen LogP contribution < -0.4 is 0 Å². The van der Waals surface area contributed by atoms with Crippen molar-refractivity contribution in [3.8, 4) is 11.5 Å². The third-order valence-corrected chi connectivity index (χ3v) is 6.13. The number of nitro benzene ring substituents is 2. The van der Waals surface area contributed by atoms with Gasteiger partial charge in [0.25, 0.3) is 0 Å². The van der Waals surface area contributed by atoms with E-state index in [-0.39, 0.29) is 20.1 Å². The molecule has 0 aromatic heterocycles. The van der Waals surface area contributed by atoms with Crippen molar-refractivity contribution < 1.29 is 28.5 Å². The fourth-order valence-corrected chi connectivity index (χ4v) is 4.73. The highest BCUT2D eigenvalue weighted by molar-refractivity contribution is 9.11. The van der Waals surface area contributed by atoms with Crippen LogP contribution in [0.4, 0.5) is 11.4 Å². The average molecular weight is 526 g/mol. The highest BCUT2D eigenvalue weighted by Gasteiger charge is 2.23. The Morgan fingerprint density at radius 2 is 1.15 bits per heavy atom. The van der Waals surface area contributed by atoms with Gasteiger partial charge in [-0.2, -0.15) is 0 Å². The lowest BCUT2D eigenvalue weighted by Gasteiger charge is -2.08. The van der Waals surface area contributed by atoms with Crippen molar-refractivity contribution in [2.75, 3.05) is 0 Å². The smallest absolute Gasteiger partial charge is 0.312 e. The van der Waals surface area contributed by atoms with E-state index in [1.807, 2.05) is 0 Å². The molecule has 144 valence electrons. The molecule has 10 nitrogen and oxygen atoms in total. The monoisotopic (exact) mass is 524 g/mol. The summed E-state index contributed by atoms with van der Waals surface area (Å²) < 4.78 is 24.8. The van der Waals surface area contributed by atoms with Gasteiger partial charge >= 0.3 is 11.4 Å². The van der Waals surface area contributed by atoms with Crippen molar-refractivity contribution in [3.05, 3.63) is 64.6 Å². The second-order valence-electron chi connectivity index (χ2n) is 5.44. The molecule has 0 unspecified atom stereocenters. The molecule has 27 heavy (non-hydrogen) atoms. The van der Waals surface area contributed by atoms with Crippen LogP contribution in [-0.2, 0) is 21.3 Å². The summed E-state index contributed by atoms with van der Waals surface area (Å²) in [5.74, 6) is -2.45. The minimum absolute atomic E-state index is 0.0371. The maximum absolute atomic E-state index is 12.4. The zero-order valence-electron chi connectivity index (χ0n) is 13.1. The number of phenols is 2. The van der Waals surface area contributed by atoms with Gasteiger partial charge in [0.2, 0.25) is 11.5 Å². The molecule has 0 amide bonds. The fraction of sp³-hybridized carbons (Fsp3) is 0.143. The average Bonchev–Trinajstić information content (AvgIpc) is 2.52. The Labute approximate surface area is 168 Å². The molecule has 0 heterocycles. The maximum Gasteiger partial charge on any atom is 0.312 e. The van der Waals surface area contributed by atoms with Crippen LogP contribution in [0.25, 0.3) is 0 Å². The van der Waals surface area contributed by atoms with Crippen LogP contribution in [-0.4, -0.2) is 28.5 Å². The number of benzene rings is 2. The van der Waals surface area contributed by atoms with Crippen molar-refractivity contribution in [2.24, 2.45) is 0 Å². The molecule has 0 aliphatic carbocycles. The number of nitrogens with zero attached hydrogens (tertiary/aromatic N) is 2. The third kappa shape index (κ3) is 4.93. The molecule has 0 fully saturated rings. The highest BCUT2D eigenvalue weighted by atomic mass is 79.9. The molecular formula is C14H10Br2N2O8S. The van der Waals surface area contributed by atoms with E-state index in [1.165, 1.54) is 12.1 Å². The number of phenolic OH excluding ortho intramolecular Hbond substituents is 2. The highest BCUT2D eigenvalue weighted by Crippen LogP contribution is 2.37. The largest absolute Gasteiger partial charge is 0.501 e. The molecule has 0 atom stereocenters. The number of rotatable bonds is 6. The van der Waals surface area contributed by atoms with Gasteiger partial charge in [0.15, 0.2) is 9.84 Å². The summed E-state index contributed by atoms with van der Waals surface area (Å²) in [5, 5.41) is 41.1. The fourth-order valence-electron chi connectivity index (χ4n) is 2.28. The standard InChI is InChI=1S/C14H10Br2N2O8S/c15-9-1-7(3-11(13(9)19)17(21)22)5-27(25,26)6-8-2-10(16)14(20)12(4-8)18(23)24/h1-4,19-20H,5-6H2. The Kier molecular flexibility index (Phi) is 6.07. The number of sulfone groups is 1. The Morgan fingerprint density at radius 3 is 1.44 bits per heavy atom. The number of halogens is 2. The minimum Gasteiger partial charge on any atom is -0.501 e. The summed E-state index contributed by atoms with van der Waals surface area (Å²) >= 11 is 5.85. The van der Waals surface area contributed by atoms with Crippen LogP contribution in [0.1, 0.15) is 11.1 Å². The van der Waals surface area contributed by atoms with Gasteiger partial charge in [-0.15, -0.1) is 0 Å². The molecular weight excluding hydrogens is 516 g/mol. The van der Waals surface area contributed by atoms with Gasteiger partial charge < -0.3 is 10.2 Å². The summed E-state index contributed by atoms with van der Waals surface area (Å²) in [4.78, 5) is 20.2. The van der Waals surface area contributed by atoms with Gasteiger partial charge in [-0.05, 0) is 55.1 Å². The van der Waals surface area contributed by atoms with Gasteiger partial charge in [0.05, 0.1) is 30.3 Å². The van der Waals surface area contributed by atoms with E-state index < -0.39 is 54.1 Å². The Bertz CT molecular complexity index is 978. The number of hydrogen-bond donors (Lipinski definition) is 2. The lowest BCUT2D eigenvalue weighted by Crippen LogP contribution is -2.08. The first-order chi connectivity index (χ1) is 12.4. The molecule has 0 saturated carbocycles. The molecule has 13 heteroatoms.